The van der Waals surface area contributed by atoms with Crippen LogP contribution in [0.5, 0.6) is 0 Å². The highest BCUT2D eigenvalue weighted by Gasteiger charge is 2.16. The lowest BCUT2D eigenvalue weighted by Crippen LogP contribution is -2.24. The molecule has 1 atom stereocenters. The highest BCUT2D eigenvalue weighted by atomic mass is 35.5. The summed E-state index contributed by atoms with van der Waals surface area (Å²) in [7, 11) is 0. The maximum absolute atomic E-state index is 6.25. The van der Waals surface area contributed by atoms with E-state index in [4.69, 9.17) is 11.6 Å². The third kappa shape index (κ3) is 2.35. The van der Waals surface area contributed by atoms with Crippen molar-refractivity contribution in [2.24, 2.45) is 0 Å². The third-order valence-electron chi connectivity index (χ3n) is 3.32. The molecule has 1 heterocycles. The van der Waals surface area contributed by atoms with Crippen molar-refractivity contribution in [2.75, 3.05) is 6.54 Å². The van der Waals surface area contributed by atoms with Gasteiger partial charge in [-0.15, -0.1) is 0 Å². The Morgan fingerprint density at radius 1 is 1.40 bits per heavy atom. The molecule has 82 valence electrons. The maximum atomic E-state index is 6.25. The largest absolute Gasteiger partial charge is 0.314 e. The van der Waals surface area contributed by atoms with Crippen LogP contribution in [0.2, 0.25) is 5.02 Å². The Morgan fingerprint density at radius 3 is 2.87 bits per heavy atom. The Bertz CT molecular complexity index is 354. The standard InChI is InChI=1S/C13H18ClN/c1-9-5-6-11(10(2)13(9)14)8-12-4-3-7-15-12/h5-6,12,15H,3-4,7-8H2,1-2H3. The molecule has 0 aromatic heterocycles. The first-order valence-electron chi connectivity index (χ1n) is 5.66. The van der Waals surface area contributed by atoms with Crippen molar-refractivity contribution in [3.05, 3.63) is 33.8 Å². The first-order valence-corrected chi connectivity index (χ1v) is 6.04. The van der Waals surface area contributed by atoms with E-state index in [-0.39, 0.29) is 0 Å². The van der Waals surface area contributed by atoms with Crippen LogP contribution in [-0.4, -0.2) is 12.6 Å². The van der Waals surface area contributed by atoms with Gasteiger partial charge in [-0.1, -0.05) is 23.7 Å². The van der Waals surface area contributed by atoms with Gasteiger partial charge in [0.2, 0.25) is 0 Å². The number of halogens is 1. The fourth-order valence-corrected chi connectivity index (χ4v) is 2.46. The molecule has 1 aliphatic heterocycles. The Hall–Kier alpha value is -0.530. The molecule has 0 radical (unpaired) electrons. The van der Waals surface area contributed by atoms with Gasteiger partial charge in [-0.05, 0) is 56.3 Å². The summed E-state index contributed by atoms with van der Waals surface area (Å²) >= 11 is 6.25. The second-order valence-electron chi connectivity index (χ2n) is 4.48. The summed E-state index contributed by atoms with van der Waals surface area (Å²) in [5.41, 5.74) is 3.83. The van der Waals surface area contributed by atoms with Crippen LogP contribution in [0.4, 0.5) is 0 Å². The number of aryl methyl sites for hydroxylation is 1. The van der Waals surface area contributed by atoms with Crippen LogP contribution in [0.25, 0.3) is 0 Å². The fourth-order valence-electron chi connectivity index (χ4n) is 2.28. The predicted molar refractivity (Wildman–Crippen MR) is 65.7 cm³/mol. The quantitative estimate of drug-likeness (QED) is 0.812. The van der Waals surface area contributed by atoms with Gasteiger partial charge in [-0.2, -0.15) is 0 Å². The maximum Gasteiger partial charge on any atom is 0.0467 e. The lowest BCUT2D eigenvalue weighted by molar-refractivity contribution is 0.601. The highest BCUT2D eigenvalue weighted by Crippen LogP contribution is 2.25. The molecule has 0 saturated carbocycles. The molecule has 0 amide bonds. The zero-order valence-electron chi connectivity index (χ0n) is 9.44. The minimum absolute atomic E-state index is 0.655. The molecule has 1 N–H and O–H groups in total. The molecule has 0 spiro atoms. The topological polar surface area (TPSA) is 12.0 Å². The summed E-state index contributed by atoms with van der Waals surface area (Å²) in [4.78, 5) is 0. The van der Waals surface area contributed by atoms with Crippen molar-refractivity contribution in [3.8, 4) is 0 Å². The Kier molecular flexibility index (Phi) is 3.32. The van der Waals surface area contributed by atoms with Crippen LogP contribution in [0.3, 0.4) is 0 Å². The van der Waals surface area contributed by atoms with Gasteiger partial charge in [0.05, 0.1) is 0 Å². The molecule has 1 aromatic rings. The number of benzene rings is 1. The van der Waals surface area contributed by atoms with Gasteiger partial charge in [0.25, 0.3) is 0 Å². The molecule has 1 aliphatic rings. The van der Waals surface area contributed by atoms with Crippen molar-refractivity contribution in [3.63, 3.8) is 0 Å². The summed E-state index contributed by atoms with van der Waals surface area (Å²) in [5.74, 6) is 0. The van der Waals surface area contributed by atoms with Gasteiger partial charge < -0.3 is 5.32 Å². The van der Waals surface area contributed by atoms with Gasteiger partial charge in [-0.3, -0.25) is 0 Å². The van der Waals surface area contributed by atoms with Gasteiger partial charge in [0.15, 0.2) is 0 Å². The van der Waals surface area contributed by atoms with E-state index in [0.717, 1.165) is 11.4 Å². The SMILES string of the molecule is Cc1ccc(CC2CCCN2)c(C)c1Cl. The van der Waals surface area contributed by atoms with E-state index >= 15 is 0 Å². The molecule has 0 bridgehead atoms. The lowest BCUT2D eigenvalue weighted by atomic mass is 9.98. The minimum Gasteiger partial charge on any atom is -0.314 e. The molecule has 1 nitrogen and oxygen atoms in total. The van der Waals surface area contributed by atoms with Crippen LogP contribution in [0, 0.1) is 13.8 Å². The van der Waals surface area contributed by atoms with E-state index in [1.165, 1.54) is 36.1 Å². The van der Waals surface area contributed by atoms with E-state index in [1.807, 2.05) is 0 Å². The van der Waals surface area contributed by atoms with Crippen molar-refractivity contribution in [1.82, 2.24) is 5.32 Å². The van der Waals surface area contributed by atoms with Crippen LogP contribution in [0.1, 0.15) is 29.5 Å². The van der Waals surface area contributed by atoms with E-state index in [0.29, 0.717) is 6.04 Å². The normalized spacial score (nSPS) is 20.9. The van der Waals surface area contributed by atoms with E-state index < -0.39 is 0 Å². The second-order valence-corrected chi connectivity index (χ2v) is 4.86. The average Bonchev–Trinajstić information content (AvgIpc) is 2.72. The smallest absolute Gasteiger partial charge is 0.0467 e. The predicted octanol–water partition coefficient (Wildman–Crippen LogP) is 3.25. The molecular weight excluding hydrogens is 206 g/mol. The van der Waals surface area contributed by atoms with E-state index in [2.05, 4.69) is 31.3 Å². The number of hydrogen-bond acceptors (Lipinski definition) is 1. The molecule has 1 aromatic carbocycles. The van der Waals surface area contributed by atoms with Crippen LogP contribution in [-0.2, 0) is 6.42 Å². The minimum atomic E-state index is 0.655. The average molecular weight is 224 g/mol. The highest BCUT2D eigenvalue weighted by molar-refractivity contribution is 6.32. The van der Waals surface area contributed by atoms with Crippen molar-refractivity contribution in [1.29, 1.82) is 0 Å². The van der Waals surface area contributed by atoms with Gasteiger partial charge in [-0.25, -0.2) is 0 Å². The van der Waals surface area contributed by atoms with Crippen LogP contribution in [0.15, 0.2) is 12.1 Å². The molecule has 2 heteroatoms. The zero-order chi connectivity index (χ0) is 10.8. The summed E-state index contributed by atoms with van der Waals surface area (Å²) in [6.07, 6.45) is 3.72. The zero-order valence-corrected chi connectivity index (χ0v) is 10.2. The third-order valence-corrected chi connectivity index (χ3v) is 3.90. The Balaban J connectivity index is 2.17. The molecular formula is C13H18ClN. The number of nitrogens with one attached hydrogen (secondary N) is 1. The fraction of sp³-hybridized carbons (Fsp3) is 0.538. The van der Waals surface area contributed by atoms with Gasteiger partial charge in [0.1, 0.15) is 0 Å². The molecule has 15 heavy (non-hydrogen) atoms. The molecule has 1 fully saturated rings. The van der Waals surface area contributed by atoms with Gasteiger partial charge >= 0.3 is 0 Å². The van der Waals surface area contributed by atoms with Crippen LogP contribution >= 0.6 is 11.6 Å². The van der Waals surface area contributed by atoms with Crippen molar-refractivity contribution < 1.29 is 0 Å². The summed E-state index contributed by atoms with van der Waals surface area (Å²) in [6.45, 7) is 5.36. The first-order chi connectivity index (χ1) is 7.18. The van der Waals surface area contributed by atoms with Crippen molar-refractivity contribution in [2.45, 2.75) is 39.2 Å². The van der Waals surface area contributed by atoms with Crippen LogP contribution < -0.4 is 5.32 Å². The summed E-state index contributed by atoms with van der Waals surface area (Å²) in [6, 6.07) is 5.00. The Labute approximate surface area is 96.8 Å². The number of hydrogen-bond donors (Lipinski definition) is 1. The molecule has 1 unspecified atom stereocenters. The van der Waals surface area contributed by atoms with Crippen molar-refractivity contribution >= 4 is 11.6 Å². The lowest BCUT2D eigenvalue weighted by Gasteiger charge is -2.14. The molecule has 0 aliphatic carbocycles. The second kappa shape index (κ2) is 4.54. The molecule has 2 rings (SSSR count). The van der Waals surface area contributed by atoms with E-state index in [9.17, 15) is 0 Å². The number of rotatable bonds is 2. The summed E-state index contributed by atoms with van der Waals surface area (Å²) in [5, 5.41) is 4.46. The Morgan fingerprint density at radius 2 is 2.20 bits per heavy atom. The summed E-state index contributed by atoms with van der Waals surface area (Å²) < 4.78 is 0. The van der Waals surface area contributed by atoms with Gasteiger partial charge in [0, 0.05) is 11.1 Å². The van der Waals surface area contributed by atoms with E-state index in [1.54, 1.807) is 0 Å². The molecule has 1 saturated heterocycles. The monoisotopic (exact) mass is 223 g/mol. The first kappa shape index (κ1) is 11.0.